The van der Waals surface area contributed by atoms with Gasteiger partial charge in [0, 0.05) is 50.6 Å². The lowest BCUT2D eigenvalue weighted by Gasteiger charge is -2.29. The third kappa shape index (κ3) is 7.47. The zero-order valence-electron chi connectivity index (χ0n) is 23.8. The summed E-state index contributed by atoms with van der Waals surface area (Å²) in [5, 5.41) is 8.51. The molecule has 6 nitrogen and oxygen atoms in total. The van der Waals surface area contributed by atoms with E-state index in [4.69, 9.17) is 0 Å². The van der Waals surface area contributed by atoms with Gasteiger partial charge in [-0.05, 0) is 52.1 Å². The maximum absolute atomic E-state index is 13.9. The molecule has 0 aliphatic rings. The minimum absolute atomic E-state index is 0.00317. The van der Waals surface area contributed by atoms with Gasteiger partial charge in [-0.3, -0.25) is 14.6 Å². The SMILES string of the molecule is CN(CC(c1ccccc1)c1ccccc1)C(=O)[C@H](Cc1cccnc1)NCCNC(=O)c1ccc2ccccc2c1. The number of fused-ring (bicyclic) bond motifs is 1. The molecule has 212 valence electrons. The number of likely N-dealkylation sites (N-methyl/N-ethyl adjacent to an activating group) is 1. The molecule has 4 aromatic carbocycles. The van der Waals surface area contributed by atoms with Crippen LogP contribution in [0.3, 0.4) is 0 Å². The van der Waals surface area contributed by atoms with Crippen LogP contribution in [0.4, 0.5) is 0 Å². The Kier molecular flexibility index (Phi) is 9.70. The maximum Gasteiger partial charge on any atom is 0.251 e. The molecule has 5 aromatic rings. The number of nitrogens with one attached hydrogen (secondary N) is 2. The first-order valence-electron chi connectivity index (χ1n) is 14.3. The van der Waals surface area contributed by atoms with E-state index in [9.17, 15) is 9.59 Å². The molecule has 1 atom stereocenters. The number of pyridine rings is 1. The van der Waals surface area contributed by atoms with Crippen LogP contribution in [0.25, 0.3) is 10.8 Å². The van der Waals surface area contributed by atoms with E-state index in [2.05, 4.69) is 39.9 Å². The largest absolute Gasteiger partial charge is 0.351 e. The fraction of sp³-hybridized carbons (Fsp3) is 0.194. The van der Waals surface area contributed by atoms with E-state index < -0.39 is 6.04 Å². The van der Waals surface area contributed by atoms with Gasteiger partial charge in [0.1, 0.15) is 0 Å². The second-order valence-corrected chi connectivity index (χ2v) is 10.5. The Hall–Kier alpha value is -4.81. The fourth-order valence-electron chi connectivity index (χ4n) is 5.26. The van der Waals surface area contributed by atoms with Gasteiger partial charge in [-0.1, -0.05) is 97.1 Å². The molecule has 0 unspecified atom stereocenters. The summed E-state index contributed by atoms with van der Waals surface area (Å²) in [6.45, 7) is 1.38. The predicted molar refractivity (Wildman–Crippen MR) is 168 cm³/mol. The van der Waals surface area contributed by atoms with Crippen molar-refractivity contribution in [1.29, 1.82) is 0 Å². The first kappa shape index (κ1) is 28.7. The van der Waals surface area contributed by atoms with Crippen molar-refractivity contribution in [2.75, 3.05) is 26.7 Å². The van der Waals surface area contributed by atoms with Crippen LogP contribution in [0.1, 0.15) is 33.0 Å². The van der Waals surface area contributed by atoms with Crippen molar-refractivity contribution < 1.29 is 9.59 Å². The van der Waals surface area contributed by atoms with Gasteiger partial charge >= 0.3 is 0 Å². The molecule has 0 spiro atoms. The molecule has 2 amide bonds. The molecule has 0 bridgehead atoms. The lowest BCUT2D eigenvalue weighted by molar-refractivity contribution is -0.132. The minimum Gasteiger partial charge on any atom is -0.351 e. The smallest absolute Gasteiger partial charge is 0.251 e. The Morgan fingerprint density at radius 3 is 2.10 bits per heavy atom. The highest BCUT2D eigenvalue weighted by Crippen LogP contribution is 2.25. The van der Waals surface area contributed by atoms with Gasteiger partial charge in [-0.25, -0.2) is 0 Å². The normalized spacial score (nSPS) is 11.8. The number of benzene rings is 4. The molecule has 0 saturated heterocycles. The van der Waals surface area contributed by atoms with E-state index in [-0.39, 0.29) is 17.7 Å². The van der Waals surface area contributed by atoms with Gasteiger partial charge in [-0.2, -0.15) is 0 Å². The number of carbonyl (C=O) groups is 2. The van der Waals surface area contributed by atoms with Crippen LogP contribution in [0.15, 0.2) is 128 Å². The van der Waals surface area contributed by atoms with Crippen molar-refractivity contribution >= 4 is 22.6 Å². The number of carbonyl (C=O) groups excluding carboxylic acids is 2. The molecule has 0 aliphatic heterocycles. The Morgan fingerprint density at radius 2 is 1.43 bits per heavy atom. The molecule has 1 aromatic heterocycles. The van der Waals surface area contributed by atoms with Crippen LogP contribution >= 0.6 is 0 Å². The monoisotopic (exact) mass is 556 g/mol. The summed E-state index contributed by atoms with van der Waals surface area (Å²) in [4.78, 5) is 32.8. The van der Waals surface area contributed by atoms with E-state index in [1.165, 1.54) is 0 Å². The first-order valence-corrected chi connectivity index (χ1v) is 14.3. The Balaban J connectivity index is 1.25. The quantitative estimate of drug-likeness (QED) is 0.200. The van der Waals surface area contributed by atoms with Crippen molar-refractivity contribution in [3.05, 3.63) is 150 Å². The van der Waals surface area contributed by atoms with E-state index in [1.54, 1.807) is 12.4 Å². The molecule has 0 saturated carbocycles. The summed E-state index contributed by atoms with van der Waals surface area (Å²) in [6, 6.07) is 37.7. The number of hydrogen-bond donors (Lipinski definition) is 2. The second kappa shape index (κ2) is 14.2. The zero-order chi connectivity index (χ0) is 29.1. The molecule has 6 heteroatoms. The third-order valence-electron chi connectivity index (χ3n) is 7.51. The summed E-state index contributed by atoms with van der Waals surface area (Å²) in [6.07, 6.45) is 4.02. The Labute approximate surface area is 247 Å². The van der Waals surface area contributed by atoms with Gasteiger partial charge in [0.05, 0.1) is 6.04 Å². The van der Waals surface area contributed by atoms with Crippen molar-refractivity contribution in [2.24, 2.45) is 0 Å². The molecule has 0 fully saturated rings. The highest BCUT2D eigenvalue weighted by molar-refractivity contribution is 5.98. The molecule has 0 aliphatic carbocycles. The van der Waals surface area contributed by atoms with Crippen molar-refractivity contribution in [2.45, 2.75) is 18.4 Å². The molecule has 5 rings (SSSR count). The number of amides is 2. The van der Waals surface area contributed by atoms with Crippen molar-refractivity contribution in [3.63, 3.8) is 0 Å². The van der Waals surface area contributed by atoms with Gasteiger partial charge in [0.15, 0.2) is 0 Å². The number of aromatic nitrogens is 1. The number of rotatable bonds is 12. The third-order valence-corrected chi connectivity index (χ3v) is 7.51. The fourth-order valence-corrected chi connectivity index (χ4v) is 5.26. The highest BCUT2D eigenvalue weighted by atomic mass is 16.2. The van der Waals surface area contributed by atoms with Crippen LogP contribution < -0.4 is 10.6 Å². The summed E-state index contributed by atoms with van der Waals surface area (Å²) < 4.78 is 0. The average Bonchev–Trinajstić information content (AvgIpc) is 3.05. The molecule has 42 heavy (non-hydrogen) atoms. The first-order chi connectivity index (χ1) is 20.6. The summed E-state index contributed by atoms with van der Waals surface area (Å²) in [5.74, 6) is -0.0958. The van der Waals surface area contributed by atoms with Crippen LogP contribution in [-0.4, -0.2) is 54.4 Å². The summed E-state index contributed by atoms with van der Waals surface area (Å²) >= 11 is 0. The molecular weight excluding hydrogens is 520 g/mol. The lowest BCUT2D eigenvalue weighted by Crippen LogP contribution is -2.49. The minimum atomic E-state index is -0.469. The van der Waals surface area contributed by atoms with E-state index in [0.717, 1.165) is 27.5 Å². The Bertz CT molecular complexity index is 1550. The standard InChI is InChI=1S/C36H36N4O2/c1-40(26-33(29-13-4-2-5-14-29)30-15-6-3-7-16-30)36(42)34(23-27-11-10-20-37-25-27)38-21-22-39-35(41)32-19-18-28-12-8-9-17-31(28)24-32/h2-20,24-25,33-34,38H,21-23,26H2,1H3,(H,39,41)/t34-/m0/s1. The molecular formula is C36H36N4O2. The van der Waals surface area contributed by atoms with Crippen LogP contribution in [0, 0.1) is 0 Å². The van der Waals surface area contributed by atoms with Crippen molar-refractivity contribution in [1.82, 2.24) is 20.5 Å². The molecule has 1 heterocycles. The summed E-state index contributed by atoms with van der Waals surface area (Å²) in [7, 11) is 1.86. The van der Waals surface area contributed by atoms with E-state index in [0.29, 0.717) is 31.6 Å². The maximum atomic E-state index is 13.9. The predicted octanol–water partition coefficient (Wildman–Crippen LogP) is 5.46. The average molecular weight is 557 g/mol. The van der Waals surface area contributed by atoms with Gasteiger partial charge in [-0.15, -0.1) is 0 Å². The van der Waals surface area contributed by atoms with Crippen LogP contribution in [-0.2, 0) is 11.2 Å². The van der Waals surface area contributed by atoms with Crippen molar-refractivity contribution in [3.8, 4) is 0 Å². The molecule has 2 N–H and O–H groups in total. The number of hydrogen-bond acceptors (Lipinski definition) is 4. The van der Waals surface area contributed by atoms with E-state index >= 15 is 0 Å². The summed E-state index contributed by atoms with van der Waals surface area (Å²) in [5.41, 5.74) is 3.91. The zero-order valence-corrected chi connectivity index (χ0v) is 23.8. The number of nitrogens with zero attached hydrogens (tertiary/aromatic N) is 2. The van der Waals surface area contributed by atoms with E-state index in [1.807, 2.05) is 103 Å². The second-order valence-electron chi connectivity index (χ2n) is 10.5. The van der Waals surface area contributed by atoms with Crippen LogP contribution in [0.5, 0.6) is 0 Å². The topological polar surface area (TPSA) is 74.3 Å². The van der Waals surface area contributed by atoms with Crippen LogP contribution in [0.2, 0.25) is 0 Å². The molecule has 0 radical (unpaired) electrons. The van der Waals surface area contributed by atoms with Gasteiger partial charge in [0.25, 0.3) is 5.91 Å². The highest BCUT2D eigenvalue weighted by Gasteiger charge is 2.25. The lowest BCUT2D eigenvalue weighted by atomic mass is 9.90. The van der Waals surface area contributed by atoms with Gasteiger partial charge in [0.2, 0.25) is 5.91 Å². The van der Waals surface area contributed by atoms with Gasteiger partial charge < -0.3 is 15.5 Å². The Morgan fingerprint density at radius 1 is 0.762 bits per heavy atom.